The van der Waals surface area contributed by atoms with Gasteiger partial charge in [0.05, 0.1) is 0 Å². The molecule has 0 saturated heterocycles. The zero-order valence-electron chi connectivity index (χ0n) is 9.13. The van der Waals surface area contributed by atoms with E-state index in [0.29, 0.717) is 14.7 Å². The summed E-state index contributed by atoms with van der Waals surface area (Å²) in [5.74, 6) is 0.851. The molecule has 2 nitrogen and oxygen atoms in total. The van der Waals surface area contributed by atoms with Crippen molar-refractivity contribution in [3.8, 4) is 11.3 Å². The normalized spacial score (nSPS) is 10.5. The van der Waals surface area contributed by atoms with Crippen LogP contribution in [0.25, 0.3) is 11.3 Å². The van der Waals surface area contributed by atoms with Gasteiger partial charge in [-0.15, -0.1) is 0 Å². The van der Waals surface area contributed by atoms with Crippen LogP contribution in [0.2, 0.25) is 10.0 Å². The van der Waals surface area contributed by atoms with Crippen LogP contribution >= 0.6 is 35.4 Å². The first-order chi connectivity index (χ1) is 8.08. The lowest BCUT2D eigenvalue weighted by molar-refractivity contribution is 0.936. The number of aromatic nitrogens is 2. The molecule has 2 aromatic rings. The van der Waals surface area contributed by atoms with Gasteiger partial charge in [-0.1, -0.05) is 42.3 Å². The number of hydrogen-bond acceptors (Lipinski definition) is 2. The second-order valence-electron chi connectivity index (χ2n) is 3.59. The highest BCUT2D eigenvalue weighted by molar-refractivity contribution is 7.71. The fourth-order valence-electron chi connectivity index (χ4n) is 1.54. The average molecular weight is 285 g/mol. The average Bonchev–Trinajstić information content (AvgIpc) is 2.26. The summed E-state index contributed by atoms with van der Waals surface area (Å²) in [4.78, 5) is 7.43. The molecular weight excluding hydrogens is 275 g/mol. The van der Waals surface area contributed by atoms with Gasteiger partial charge in [0.15, 0.2) is 0 Å². The summed E-state index contributed by atoms with van der Waals surface area (Å²) in [6.45, 7) is 2.02. The number of nitrogens with zero attached hydrogens (tertiary/aromatic N) is 1. The number of H-pyrrole nitrogens is 1. The van der Waals surface area contributed by atoms with E-state index in [4.69, 9.17) is 35.4 Å². The Morgan fingerprint density at radius 1 is 1.18 bits per heavy atom. The molecule has 0 aliphatic heterocycles. The Morgan fingerprint density at radius 2 is 1.82 bits per heavy atom. The predicted octanol–water partition coefficient (Wildman–Crippen LogP) is 4.68. The van der Waals surface area contributed by atoms with Crippen molar-refractivity contribution < 1.29 is 0 Å². The topological polar surface area (TPSA) is 28.7 Å². The van der Waals surface area contributed by atoms with Crippen LogP contribution in [0.5, 0.6) is 0 Å². The molecule has 0 fully saturated rings. The summed E-state index contributed by atoms with van der Waals surface area (Å²) in [6.07, 6.45) is 0.797. The molecule has 0 aliphatic carbocycles. The molecule has 1 N–H and O–H groups in total. The van der Waals surface area contributed by atoms with E-state index in [-0.39, 0.29) is 0 Å². The van der Waals surface area contributed by atoms with Crippen molar-refractivity contribution in [1.82, 2.24) is 9.97 Å². The molecule has 88 valence electrons. The second-order valence-corrected chi connectivity index (χ2v) is 4.88. The zero-order chi connectivity index (χ0) is 12.4. The summed E-state index contributed by atoms with van der Waals surface area (Å²) in [7, 11) is 0. The number of nitrogens with one attached hydrogen (secondary N) is 1. The molecule has 0 saturated carbocycles. The van der Waals surface area contributed by atoms with Crippen LogP contribution in [0.15, 0.2) is 24.3 Å². The lowest BCUT2D eigenvalue weighted by Gasteiger charge is -2.06. The van der Waals surface area contributed by atoms with Crippen molar-refractivity contribution in [2.24, 2.45) is 0 Å². The van der Waals surface area contributed by atoms with Crippen molar-refractivity contribution >= 4 is 35.4 Å². The van der Waals surface area contributed by atoms with Crippen LogP contribution in [0.4, 0.5) is 0 Å². The molecule has 1 aromatic carbocycles. The molecule has 0 amide bonds. The Balaban J connectivity index is 2.59. The minimum Gasteiger partial charge on any atom is -0.343 e. The molecule has 5 heteroatoms. The van der Waals surface area contributed by atoms with E-state index < -0.39 is 0 Å². The highest BCUT2D eigenvalue weighted by atomic mass is 35.5. The van der Waals surface area contributed by atoms with E-state index in [2.05, 4.69) is 9.97 Å². The number of benzene rings is 1. The molecule has 0 spiro atoms. The summed E-state index contributed by atoms with van der Waals surface area (Å²) in [5.41, 5.74) is 1.79. The third-order valence-electron chi connectivity index (χ3n) is 2.30. The summed E-state index contributed by atoms with van der Waals surface area (Å²) < 4.78 is 0.562. The van der Waals surface area contributed by atoms with E-state index in [1.165, 1.54) is 0 Å². The lowest BCUT2D eigenvalue weighted by atomic mass is 10.1. The molecule has 1 heterocycles. The molecule has 0 radical (unpaired) electrons. The van der Waals surface area contributed by atoms with E-state index in [1.807, 2.05) is 19.1 Å². The number of halogens is 2. The standard InChI is InChI=1S/C12H10Cl2N2S/c1-2-11-15-10(6-12(17)16-11)7-3-8(13)5-9(14)4-7/h3-6H,2H2,1H3,(H,15,16,17). The van der Waals surface area contributed by atoms with Crippen LogP contribution in [0.3, 0.4) is 0 Å². The zero-order valence-corrected chi connectivity index (χ0v) is 11.5. The first-order valence-corrected chi connectivity index (χ1v) is 6.31. The van der Waals surface area contributed by atoms with Gasteiger partial charge in [0.25, 0.3) is 0 Å². The summed E-state index contributed by atoms with van der Waals surface area (Å²) in [6, 6.07) is 7.18. The molecule has 0 bridgehead atoms. The van der Waals surface area contributed by atoms with Gasteiger partial charge in [0.2, 0.25) is 0 Å². The van der Waals surface area contributed by atoms with Crippen LogP contribution in [0, 0.1) is 4.64 Å². The van der Waals surface area contributed by atoms with Crippen LogP contribution < -0.4 is 0 Å². The summed E-state index contributed by atoms with van der Waals surface area (Å²) in [5, 5.41) is 1.20. The maximum absolute atomic E-state index is 5.97. The quantitative estimate of drug-likeness (QED) is 0.812. The minimum atomic E-state index is 0.562. The van der Waals surface area contributed by atoms with Gasteiger partial charge in [-0.3, -0.25) is 0 Å². The van der Waals surface area contributed by atoms with Gasteiger partial charge in [-0.25, -0.2) is 4.98 Å². The van der Waals surface area contributed by atoms with E-state index >= 15 is 0 Å². The SMILES string of the molecule is CCc1nc(=S)cc(-c2cc(Cl)cc(Cl)c2)[nH]1. The van der Waals surface area contributed by atoms with Crippen LogP contribution in [0.1, 0.15) is 12.7 Å². The van der Waals surface area contributed by atoms with E-state index in [0.717, 1.165) is 23.5 Å². The van der Waals surface area contributed by atoms with Crippen molar-refractivity contribution in [3.05, 3.63) is 44.8 Å². The number of aryl methyl sites for hydroxylation is 1. The maximum Gasteiger partial charge on any atom is 0.130 e. The number of aromatic amines is 1. The number of rotatable bonds is 2. The molecule has 17 heavy (non-hydrogen) atoms. The summed E-state index contributed by atoms with van der Waals surface area (Å²) >= 11 is 17.1. The molecule has 2 rings (SSSR count). The van der Waals surface area contributed by atoms with Gasteiger partial charge in [-0.05, 0) is 24.3 Å². The molecule has 1 aromatic heterocycles. The third kappa shape index (κ3) is 3.06. The van der Waals surface area contributed by atoms with Gasteiger partial charge < -0.3 is 4.98 Å². The highest BCUT2D eigenvalue weighted by Crippen LogP contribution is 2.26. The van der Waals surface area contributed by atoms with Crippen molar-refractivity contribution in [3.63, 3.8) is 0 Å². The number of hydrogen-bond donors (Lipinski definition) is 1. The van der Waals surface area contributed by atoms with Crippen molar-refractivity contribution in [2.75, 3.05) is 0 Å². The first-order valence-electron chi connectivity index (χ1n) is 5.15. The van der Waals surface area contributed by atoms with Crippen LogP contribution in [-0.4, -0.2) is 9.97 Å². The van der Waals surface area contributed by atoms with Crippen LogP contribution in [-0.2, 0) is 6.42 Å². The van der Waals surface area contributed by atoms with E-state index in [9.17, 15) is 0 Å². The lowest BCUT2D eigenvalue weighted by Crippen LogP contribution is -1.95. The monoisotopic (exact) mass is 284 g/mol. The van der Waals surface area contributed by atoms with Gasteiger partial charge >= 0.3 is 0 Å². The van der Waals surface area contributed by atoms with Gasteiger partial charge in [0.1, 0.15) is 10.5 Å². The minimum absolute atomic E-state index is 0.562. The third-order valence-corrected chi connectivity index (χ3v) is 2.95. The Morgan fingerprint density at radius 3 is 2.41 bits per heavy atom. The highest BCUT2D eigenvalue weighted by Gasteiger charge is 2.03. The molecule has 0 atom stereocenters. The Hall–Kier alpha value is -0.900. The maximum atomic E-state index is 5.97. The van der Waals surface area contributed by atoms with Crippen molar-refractivity contribution in [1.29, 1.82) is 0 Å². The smallest absolute Gasteiger partial charge is 0.130 e. The van der Waals surface area contributed by atoms with E-state index in [1.54, 1.807) is 12.1 Å². The van der Waals surface area contributed by atoms with Crippen molar-refractivity contribution in [2.45, 2.75) is 13.3 Å². The largest absolute Gasteiger partial charge is 0.343 e. The molecule has 0 unspecified atom stereocenters. The molecule has 0 aliphatic rings. The first kappa shape index (κ1) is 12.6. The Bertz CT molecular complexity index is 587. The second kappa shape index (κ2) is 5.17. The Kier molecular flexibility index (Phi) is 3.82. The fraction of sp³-hybridized carbons (Fsp3) is 0.167. The molecular formula is C12H10Cl2N2S. The predicted molar refractivity (Wildman–Crippen MR) is 74.3 cm³/mol. The Labute approximate surface area is 115 Å². The fourth-order valence-corrected chi connectivity index (χ4v) is 2.29. The van der Waals surface area contributed by atoms with Gasteiger partial charge in [0, 0.05) is 27.7 Å². The van der Waals surface area contributed by atoms with Gasteiger partial charge in [-0.2, -0.15) is 0 Å².